The van der Waals surface area contributed by atoms with E-state index in [9.17, 15) is 19.5 Å². The van der Waals surface area contributed by atoms with Gasteiger partial charge in [-0.3, -0.25) is 14.4 Å². The standard InChI is InChI=1S/C23H34N4O4/c1-17(28)25-21(18-7-3-2-4-8-18)23(31)27-14-5-9-20(27)22(30)24-12-6-13-26-15-10-19(29)11-16-26/h2-4,7-8,19-21,29H,5-6,9-16H2,1H3,(H,24,30)(H,25,28). The Hall–Kier alpha value is -2.45. The third kappa shape index (κ3) is 6.51. The Labute approximate surface area is 184 Å². The summed E-state index contributed by atoms with van der Waals surface area (Å²) >= 11 is 0. The fraction of sp³-hybridized carbons (Fsp3) is 0.609. The van der Waals surface area contributed by atoms with Crippen LogP contribution in [0.5, 0.6) is 0 Å². The van der Waals surface area contributed by atoms with Gasteiger partial charge in [-0.2, -0.15) is 0 Å². The number of nitrogens with one attached hydrogen (secondary N) is 2. The lowest BCUT2D eigenvalue weighted by Crippen LogP contribution is -2.50. The smallest absolute Gasteiger partial charge is 0.250 e. The van der Waals surface area contributed by atoms with Crippen LogP contribution in [0, 0.1) is 0 Å². The average Bonchev–Trinajstić information content (AvgIpc) is 3.26. The highest BCUT2D eigenvalue weighted by Crippen LogP contribution is 2.24. The Bertz CT molecular complexity index is 749. The second kappa shape index (κ2) is 11.2. The zero-order chi connectivity index (χ0) is 22.2. The number of nitrogens with zero attached hydrogens (tertiary/aromatic N) is 2. The largest absolute Gasteiger partial charge is 0.393 e. The molecule has 2 unspecified atom stereocenters. The first-order chi connectivity index (χ1) is 15.0. The molecule has 0 aliphatic carbocycles. The molecule has 0 saturated carbocycles. The minimum absolute atomic E-state index is 0.130. The van der Waals surface area contributed by atoms with Gasteiger partial charge in [0, 0.05) is 33.1 Å². The van der Waals surface area contributed by atoms with E-state index >= 15 is 0 Å². The third-order valence-corrected chi connectivity index (χ3v) is 6.07. The number of amides is 3. The SMILES string of the molecule is CC(=O)NC(C(=O)N1CCCC1C(=O)NCCCN1CCC(O)CC1)c1ccccc1. The number of likely N-dealkylation sites (tertiary alicyclic amines) is 2. The molecular weight excluding hydrogens is 396 g/mol. The first kappa shape index (κ1) is 23.2. The van der Waals surface area contributed by atoms with Crippen LogP contribution in [0.25, 0.3) is 0 Å². The van der Waals surface area contributed by atoms with E-state index in [-0.39, 0.29) is 23.8 Å². The van der Waals surface area contributed by atoms with Gasteiger partial charge >= 0.3 is 0 Å². The van der Waals surface area contributed by atoms with Crippen molar-refractivity contribution in [3.63, 3.8) is 0 Å². The maximum Gasteiger partial charge on any atom is 0.250 e. The summed E-state index contributed by atoms with van der Waals surface area (Å²) in [5.74, 6) is -0.659. The number of hydrogen-bond acceptors (Lipinski definition) is 5. The van der Waals surface area contributed by atoms with Crippen molar-refractivity contribution in [3.8, 4) is 0 Å². The van der Waals surface area contributed by atoms with E-state index in [1.807, 2.05) is 30.3 Å². The Morgan fingerprint density at radius 1 is 1.10 bits per heavy atom. The summed E-state index contributed by atoms with van der Waals surface area (Å²) in [6, 6.07) is 7.84. The van der Waals surface area contributed by atoms with Crippen molar-refractivity contribution >= 4 is 17.7 Å². The molecule has 1 aromatic carbocycles. The van der Waals surface area contributed by atoms with Crippen LogP contribution in [0.1, 0.15) is 50.6 Å². The van der Waals surface area contributed by atoms with E-state index in [2.05, 4.69) is 15.5 Å². The number of carbonyl (C=O) groups is 3. The molecule has 8 nitrogen and oxygen atoms in total. The number of carbonyl (C=O) groups excluding carboxylic acids is 3. The van der Waals surface area contributed by atoms with Crippen LogP contribution in [0.15, 0.2) is 30.3 Å². The van der Waals surface area contributed by atoms with Gasteiger partial charge in [0.1, 0.15) is 12.1 Å². The molecule has 2 atom stereocenters. The molecule has 0 aromatic heterocycles. The number of benzene rings is 1. The predicted octanol–water partition coefficient (Wildman–Crippen LogP) is 0.818. The van der Waals surface area contributed by atoms with Gasteiger partial charge in [-0.05, 0) is 44.2 Å². The van der Waals surface area contributed by atoms with E-state index in [0.29, 0.717) is 25.1 Å². The molecule has 3 amide bonds. The molecule has 2 aliphatic rings. The molecule has 3 N–H and O–H groups in total. The molecule has 170 valence electrons. The van der Waals surface area contributed by atoms with Crippen LogP contribution in [0.2, 0.25) is 0 Å². The topological polar surface area (TPSA) is 102 Å². The van der Waals surface area contributed by atoms with Crippen molar-refractivity contribution in [3.05, 3.63) is 35.9 Å². The fourth-order valence-corrected chi connectivity index (χ4v) is 4.38. The maximum absolute atomic E-state index is 13.3. The van der Waals surface area contributed by atoms with Gasteiger partial charge in [-0.25, -0.2) is 0 Å². The summed E-state index contributed by atoms with van der Waals surface area (Å²) < 4.78 is 0. The van der Waals surface area contributed by atoms with E-state index in [0.717, 1.165) is 45.3 Å². The normalized spacial score (nSPS) is 21.0. The lowest BCUT2D eigenvalue weighted by molar-refractivity contribution is -0.141. The van der Waals surface area contributed by atoms with E-state index < -0.39 is 12.1 Å². The van der Waals surface area contributed by atoms with Crippen LogP contribution in [0.4, 0.5) is 0 Å². The molecule has 0 radical (unpaired) electrons. The van der Waals surface area contributed by atoms with Crippen LogP contribution in [-0.4, -0.2) is 77.5 Å². The highest BCUT2D eigenvalue weighted by molar-refractivity contribution is 5.92. The highest BCUT2D eigenvalue weighted by atomic mass is 16.3. The van der Waals surface area contributed by atoms with Crippen LogP contribution in [0.3, 0.4) is 0 Å². The van der Waals surface area contributed by atoms with Crippen molar-refractivity contribution in [2.24, 2.45) is 0 Å². The van der Waals surface area contributed by atoms with Crippen molar-refractivity contribution in [1.82, 2.24) is 20.4 Å². The molecule has 8 heteroatoms. The summed E-state index contributed by atoms with van der Waals surface area (Å²) in [7, 11) is 0. The Morgan fingerprint density at radius 2 is 1.81 bits per heavy atom. The van der Waals surface area contributed by atoms with Crippen molar-refractivity contribution in [2.75, 3.05) is 32.7 Å². The molecule has 31 heavy (non-hydrogen) atoms. The van der Waals surface area contributed by atoms with Crippen LogP contribution >= 0.6 is 0 Å². The molecule has 3 rings (SSSR count). The minimum Gasteiger partial charge on any atom is -0.393 e. The molecule has 1 aromatic rings. The maximum atomic E-state index is 13.3. The van der Waals surface area contributed by atoms with Gasteiger partial charge in [-0.15, -0.1) is 0 Å². The number of rotatable bonds is 8. The Balaban J connectivity index is 1.53. The van der Waals surface area contributed by atoms with E-state index in [4.69, 9.17) is 0 Å². The Morgan fingerprint density at radius 3 is 2.48 bits per heavy atom. The van der Waals surface area contributed by atoms with Crippen LogP contribution in [-0.2, 0) is 14.4 Å². The van der Waals surface area contributed by atoms with Gasteiger partial charge in [0.2, 0.25) is 17.7 Å². The molecular formula is C23H34N4O4. The van der Waals surface area contributed by atoms with Crippen molar-refractivity contribution < 1.29 is 19.5 Å². The summed E-state index contributed by atoms with van der Waals surface area (Å²) in [6.45, 7) is 5.13. The first-order valence-corrected chi connectivity index (χ1v) is 11.3. The van der Waals surface area contributed by atoms with Gasteiger partial charge in [0.15, 0.2) is 0 Å². The van der Waals surface area contributed by atoms with Gasteiger partial charge < -0.3 is 25.5 Å². The van der Waals surface area contributed by atoms with E-state index in [1.165, 1.54) is 6.92 Å². The number of aliphatic hydroxyl groups is 1. The molecule has 0 bridgehead atoms. The monoisotopic (exact) mass is 430 g/mol. The second-order valence-corrected chi connectivity index (χ2v) is 8.45. The first-order valence-electron chi connectivity index (χ1n) is 11.3. The molecule has 2 saturated heterocycles. The number of piperidine rings is 1. The zero-order valence-corrected chi connectivity index (χ0v) is 18.3. The zero-order valence-electron chi connectivity index (χ0n) is 18.3. The van der Waals surface area contributed by atoms with E-state index in [1.54, 1.807) is 4.90 Å². The summed E-state index contributed by atoms with van der Waals surface area (Å²) in [5, 5.41) is 15.3. The lowest BCUT2D eigenvalue weighted by atomic mass is 10.0. The third-order valence-electron chi connectivity index (χ3n) is 6.07. The average molecular weight is 431 g/mol. The summed E-state index contributed by atoms with van der Waals surface area (Å²) in [4.78, 5) is 41.7. The molecule has 2 heterocycles. The molecule has 2 fully saturated rings. The number of aliphatic hydroxyl groups excluding tert-OH is 1. The predicted molar refractivity (Wildman–Crippen MR) is 117 cm³/mol. The molecule has 0 spiro atoms. The summed E-state index contributed by atoms with van der Waals surface area (Å²) in [5.41, 5.74) is 0.709. The minimum atomic E-state index is -0.790. The summed E-state index contributed by atoms with van der Waals surface area (Å²) in [6.07, 6.45) is 3.66. The number of hydrogen-bond donors (Lipinski definition) is 3. The van der Waals surface area contributed by atoms with Crippen LogP contribution < -0.4 is 10.6 Å². The van der Waals surface area contributed by atoms with Crippen molar-refractivity contribution in [1.29, 1.82) is 0 Å². The quantitative estimate of drug-likeness (QED) is 0.530. The van der Waals surface area contributed by atoms with Crippen molar-refractivity contribution in [2.45, 2.75) is 57.2 Å². The van der Waals surface area contributed by atoms with Gasteiger partial charge in [0.25, 0.3) is 0 Å². The highest BCUT2D eigenvalue weighted by Gasteiger charge is 2.37. The second-order valence-electron chi connectivity index (χ2n) is 8.45. The fourth-order valence-electron chi connectivity index (χ4n) is 4.38. The Kier molecular flexibility index (Phi) is 8.43. The molecule has 2 aliphatic heterocycles. The van der Waals surface area contributed by atoms with Gasteiger partial charge in [0.05, 0.1) is 6.10 Å². The van der Waals surface area contributed by atoms with Gasteiger partial charge in [-0.1, -0.05) is 30.3 Å². The lowest BCUT2D eigenvalue weighted by Gasteiger charge is -2.30.